The molecular formula is C19H24N2O3. The predicted molar refractivity (Wildman–Crippen MR) is 89.4 cm³/mol. The molecule has 1 spiro atoms. The normalized spacial score (nSPS) is 26.5. The molecule has 4 rings (SSSR count). The van der Waals surface area contributed by atoms with Gasteiger partial charge in [0.25, 0.3) is 0 Å². The second kappa shape index (κ2) is 5.80. The number of piperidine rings is 1. The highest BCUT2D eigenvalue weighted by atomic mass is 16.5. The minimum absolute atomic E-state index is 0.0559. The fourth-order valence-corrected chi connectivity index (χ4v) is 3.92. The number of nitrogens with zero attached hydrogens (tertiary/aromatic N) is 2. The van der Waals surface area contributed by atoms with E-state index < -0.39 is 5.60 Å². The quantitative estimate of drug-likeness (QED) is 0.794. The Labute approximate surface area is 142 Å². The van der Waals surface area contributed by atoms with E-state index in [2.05, 4.69) is 0 Å². The Kier molecular flexibility index (Phi) is 3.74. The number of para-hydroxylation sites is 1. The van der Waals surface area contributed by atoms with Crippen molar-refractivity contribution >= 4 is 11.8 Å². The average molecular weight is 328 g/mol. The van der Waals surface area contributed by atoms with Gasteiger partial charge < -0.3 is 14.5 Å². The first-order chi connectivity index (χ1) is 11.6. The molecule has 1 saturated heterocycles. The van der Waals surface area contributed by atoms with E-state index in [1.807, 2.05) is 34.1 Å². The zero-order valence-electron chi connectivity index (χ0n) is 14.2. The number of ether oxygens (including phenoxy) is 1. The van der Waals surface area contributed by atoms with E-state index in [4.69, 9.17) is 4.74 Å². The lowest BCUT2D eigenvalue weighted by Crippen LogP contribution is -2.58. The van der Waals surface area contributed by atoms with Gasteiger partial charge in [0.1, 0.15) is 11.4 Å². The topological polar surface area (TPSA) is 49.9 Å². The number of rotatable bonds is 1. The highest BCUT2D eigenvalue weighted by molar-refractivity contribution is 5.81. The van der Waals surface area contributed by atoms with Crippen molar-refractivity contribution in [1.82, 2.24) is 9.80 Å². The molecule has 1 saturated carbocycles. The molecule has 24 heavy (non-hydrogen) atoms. The Bertz CT molecular complexity index is 670. The van der Waals surface area contributed by atoms with Crippen LogP contribution in [0.3, 0.4) is 0 Å². The standard InChI is InChI=1S/C19H24N2O3/c1-14(22)21-11-16-5-2-3-6-17(16)24-19(13-21)9-4-10-20(12-19)18(23)15-7-8-15/h2-3,5-6,15H,4,7-13H2,1H3. The summed E-state index contributed by atoms with van der Waals surface area (Å²) < 4.78 is 6.46. The van der Waals surface area contributed by atoms with Gasteiger partial charge in [-0.3, -0.25) is 9.59 Å². The minimum Gasteiger partial charge on any atom is -0.483 e. The molecule has 0 N–H and O–H groups in total. The predicted octanol–water partition coefficient (Wildman–Crippen LogP) is 2.20. The first kappa shape index (κ1) is 15.5. The van der Waals surface area contributed by atoms with Gasteiger partial charge in [0, 0.05) is 31.5 Å². The average Bonchev–Trinajstić information content (AvgIpc) is 3.40. The van der Waals surface area contributed by atoms with Gasteiger partial charge in [-0.05, 0) is 31.7 Å². The van der Waals surface area contributed by atoms with Crippen molar-refractivity contribution in [3.63, 3.8) is 0 Å². The van der Waals surface area contributed by atoms with Crippen molar-refractivity contribution in [3.05, 3.63) is 29.8 Å². The van der Waals surface area contributed by atoms with Crippen LogP contribution in [0.4, 0.5) is 0 Å². The highest BCUT2D eigenvalue weighted by Crippen LogP contribution is 2.37. The summed E-state index contributed by atoms with van der Waals surface area (Å²) in [6.07, 6.45) is 3.84. The number of hydrogen-bond acceptors (Lipinski definition) is 3. The molecule has 5 nitrogen and oxygen atoms in total. The number of carbonyl (C=O) groups is 2. The van der Waals surface area contributed by atoms with E-state index in [0.29, 0.717) is 19.6 Å². The van der Waals surface area contributed by atoms with Gasteiger partial charge in [-0.15, -0.1) is 0 Å². The lowest BCUT2D eigenvalue weighted by molar-refractivity contribution is -0.141. The van der Waals surface area contributed by atoms with Gasteiger partial charge in [0.15, 0.2) is 0 Å². The highest BCUT2D eigenvalue weighted by Gasteiger charge is 2.45. The van der Waals surface area contributed by atoms with E-state index in [1.54, 1.807) is 6.92 Å². The van der Waals surface area contributed by atoms with Crippen LogP contribution < -0.4 is 4.74 Å². The largest absolute Gasteiger partial charge is 0.483 e. The first-order valence-electron chi connectivity index (χ1n) is 8.88. The molecule has 0 bridgehead atoms. The van der Waals surface area contributed by atoms with E-state index in [0.717, 1.165) is 43.5 Å². The molecule has 0 aromatic heterocycles. The Balaban J connectivity index is 1.64. The van der Waals surface area contributed by atoms with Crippen molar-refractivity contribution in [2.45, 2.75) is 44.8 Å². The SMILES string of the molecule is CC(=O)N1Cc2ccccc2OC2(CCCN(C(=O)C3CC3)C2)C1. The van der Waals surface area contributed by atoms with E-state index in [-0.39, 0.29) is 17.7 Å². The molecule has 1 unspecified atom stereocenters. The number of carbonyl (C=O) groups excluding carboxylic acids is 2. The van der Waals surface area contributed by atoms with E-state index in [9.17, 15) is 9.59 Å². The van der Waals surface area contributed by atoms with Crippen molar-refractivity contribution in [1.29, 1.82) is 0 Å². The fraction of sp³-hybridized carbons (Fsp3) is 0.579. The molecule has 5 heteroatoms. The molecule has 1 aromatic carbocycles. The van der Waals surface area contributed by atoms with Crippen LogP contribution in [-0.2, 0) is 16.1 Å². The summed E-state index contributed by atoms with van der Waals surface area (Å²) in [5.74, 6) is 1.40. The molecule has 0 radical (unpaired) electrons. The maximum Gasteiger partial charge on any atom is 0.225 e. The van der Waals surface area contributed by atoms with Gasteiger partial charge in [0.2, 0.25) is 11.8 Å². The van der Waals surface area contributed by atoms with Gasteiger partial charge in [-0.2, -0.15) is 0 Å². The summed E-state index contributed by atoms with van der Waals surface area (Å²) >= 11 is 0. The van der Waals surface area contributed by atoms with Gasteiger partial charge in [-0.25, -0.2) is 0 Å². The number of fused-ring (bicyclic) bond motifs is 1. The second-order valence-electron chi connectivity index (χ2n) is 7.41. The molecular weight excluding hydrogens is 304 g/mol. The van der Waals surface area contributed by atoms with Crippen molar-refractivity contribution < 1.29 is 14.3 Å². The van der Waals surface area contributed by atoms with E-state index in [1.165, 1.54) is 0 Å². The molecule has 2 aliphatic heterocycles. The molecule has 2 heterocycles. The number of amides is 2. The Hall–Kier alpha value is -2.04. The summed E-state index contributed by atoms with van der Waals surface area (Å²) in [6.45, 7) is 4.12. The van der Waals surface area contributed by atoms with Gasteiger partial charge >= 0.3 is 0 Å². The maximum atomic E-state index is 12.5. The summed E-state index contributed by atoms with van der Waals surface area (Å²) in [5.41, 5.74) is 0.552. The third kappa shape index (κ3) is 2.87. The molecule has 2 fully saturated rings. The van der Waals surface area contributed by atoms with E-state index >= 15 is 0 Å². The summed E-state index contributed by atoms with van der Waals surface area (Å²) in [5, 5.41) is 0. The number of benzene rings is 1. The van der Waals surface area contributed by atoms with Crippen molar-refractivity contribution in [3.8, 4) is 5.75 Å². The maximum absolute atomic E-state index is 12.5. The third-order valence-corrected chi connectivity index (χ3v) is 5.36. The van der Waals surface area contributed by atoms with Crippen LogP contribution in [0.15, 0.2) is 24.3 Å². The second-order valence-corrected chi connectivity index (χ2v) is 7.41. The van der Waals surface area contributed by atoms with Crippen molar-refractivity contribution in [2.75, 3.05) is 19.6 Å². The van der Waals surface area contributed by atoms with Gasteiger partial charge in [-0.1, -0.05) is 18.2 Å². The lowest BCUT2D eigenvalue weighted by atomic mass is 9.91. The summed E-state index contributed by atoms with van der Waals surface area (Å²) in [4.78, 5) is 28.5. The Morgan fingerprint density at radius 3 is 2.67 bits per heavy atom. The van der Waals surface area contributed by atoms with Crippen LogP contribution in [0.25, 0.3) is 0 Å². The van der Waals surface area contributed by atoms with Gasteiger partial charge in [0.05, 0.1) is 13.1 Å². The molecule has 1 aromatic rings. The summed E-state index contributed by atoms with van der Waals surface area (Å²) in [6, 6.07) is 7.93. The Morgan fingerprint density at radius 1 is 1.17 bits per heavy atom. The molecule has 2 amide bonds. The van der Waals surface area contributed by atoms with Crippen LogP contribution in [0.1, 0.15) is 38.2 Å². The van der Waals surface area contributed by atoms with Crippen LogP contribution in [0, 0.1) is 5.92 Å². The molecule has 1 atom stereocenters. The Morgan fingerprint density at radius 2 is 1.92 bits per heavy atom. The monoisotopic (exact) mass is 328 g/mol. The molecule has 128 valence electrons. The zero-order valence-corrected chi connectivity index (χ0v) is 14.2. The van der Waals surface area contributed by atoms with Crippen LogP contribution in [-0.4, -0.2) is 46.8 Å². The summed E-state index contributed by atoms with van der Waals surface area (Å²) in [7, 11) is 0. The van der Waals surface area contributed by atoms with Crippen LogP contribution in [0.5, 0.6) is 5.75 Å². The minimum atomic E-state index is -0.485. The van der Waals surface area contributed by atoms with Crippen LogP contribution in [0.2, 0.25) is 0 Å². The lowest BCUT2D eigenvalue weighted by Gasteiger charge is -2.43. The molecule has 1 aliphatic carbocycles. The van der Waals surface area contributed by atoms with Crippen molar-refractivity contribution in [2.24, 2.45) is 5.92 Å². The first-order valence-corrected chi connectivity index (χ1v) is 8.88. The molecule has 3 aliphatic rings. The zero-order chi connectivity index (χ0) is 16.7. The fourth-order valence-electron chi connectivity index (χ4n) is 3.92. The van der Waals surface area contributed by atoms with Crippen LogP contribution >= 0.6 is 0 Å². The third-order valence-electron chi connectivity index (χ3n) is 5.36. The number of hydrogen-bond donors (Lipinski definition) is 0. The smallest absolute Gasteiger partial charge is 0.225 e. The number of likely N-dealkylation sites (tertiary alicyclic amines) is 1.